The quantitative estimate of drug-likeness (QED) is 0.116. The second kappa shape index (κ2) is 18.0. The number of aromatic nitrogens is 3. The number of carboxylic acid groups (broad SMARTS) is 1. The average molecular weight is 761 g/mol. The maximum atomic E-state index is 13.4. The van der Waals surface area contributed by atoms with Crippen LogP contribution < -0.4 is 19.5 Å². The van der Waals surface area contributed by atoms with Gasteiger partial charge in [-0.1, -0.05) is 45.0 Å². The SMILES string of the molecule is Cc1cccc(C)c1-c1cc(OC[C@@H](CC(C)(C)C)NCc2ccc(OC3CCCC3)cn2)nc(NS(=O)(=O)c2cccc(C(=O)O)c2)n1.Cl.Cl. The van der Waals surface area contributed by atoms with E-state index >= 15 is 0 Å². The molecule has 2 aromatic heterocycles. The second-order valence-corrected chi connectivity index (χ2v) is 15.5. The van der Waals surface area contributed by atoms with Crippen LogP contribution in [0, 0.1) is 19.3 Å². The zero-order chi connectivity index (χ0) is 35.2. The highest BCUT2D eigenvalue weighted by atomic mass is 35.5. The molecule has 0 spiro atoms. The molecule has 51 heavy (non-hydrogen) atoms. The number of sulfonamides is 1. The van der Waals surface area contributed by atoms with Gasteiger partial charge in [-0.3, -0.25) is 4.98 Å². The lowest BCUT2D eigenvalue weighted by molar-refractivity contribution is 0.0696. The molecule has 0 radical (unpaired) electrons. The predicted molar refractivity (Wildman–Crippen MR) is 203 cm³/mol. The van der Waals surface area contributed by atoms with Crippen LogP contribution in [0.15, 0.2) is 71.8 Å². The molecule has 0 saturated heterocycles. The van der Waals surface area contributed by atoms with Gasteiger partial charge in [-0.15, -0.1) is 24.8 Å². The van der Waals surface area contributed by atoms with E-state index in [1.807, 2.05) is 44.2 Å². The molecule has 11 nitrogen and oxygen atoms in total. The van der Waals surface area contributed by atoms with Crippen LogP contribution in [0.2, 0.25) is 0 Å². The van der Waals surface area contributed by atoms with Crippen molar-refractivity contribution in [1.82, 2.24) is 20.3 Å². The van der Waals surface area contributed by atoms with E-state index < -0.39 is 16.0 Å². The first-order valence-electron chi connectivity index (χ1n) is 16.6. The lowest BCUT2D eigenvalue weighted by atomic mass is 9.88. The highest BCUT2D eigenvalue weighted by Crippen LogP contribution is 2.30. The van der Waals surface area contributed by atoms with Gasteiger partial charge in [0.2, 0.25) is 11.8 Å². The lowest BCUT2D eigenvalue weighted by Crippen LogP contribution is -2.37. The summed E-state index contributed by atoms with van der Waals surface area (Å²) >= 11 is 0. The first kappa shape index (κ1) is 41.5. The van der Waals surface area contributed by atoms with Gasteiger partial charge in [0.25, 0.3) is 10.0 Å². The molecule has 1 aliphatic rings. The molecule has 14 heteroatoms. The fraction of sp³-hybridized carbons (Fsp3) is 0.405. The number of ether oxygens (including phenoxy) is 2. The van der Waals surface area contributed by atoms with Gasteiger partial charge in [0, 0.05) is 24.2 Å². The Morgan fingerprint density at radius 2 is 1.67 bits per heavy atom. The standard InChI is InChI=1S/C37H45N5O6S.2ClH/c1-24-10-8-11-25(2)34(24)32-19-33(41-36(40-32)42-49(45,46)31-15-9-12-26(18-31)35(43)44)47-23-28(20-37(3,4)5)38-21-27-16-17-30(22-39-27)48-29-13-6-7-14-29;;/h8-12,15-19,22,28-29,38H,6-7,13-14,20-21,23H2,1-5H3,(H,43,44)(H,40,41,42);2*1H/t28-;;/m1../s1. The molecule has 1 aliphatic carbocycles. The second-order valence-electron chi connectivity index (χ2n) is 13.8. The molecular formula is C37H47Cl2N5O6S. The molecule has 1 fully saturated rings. The molecule has 5 rings (SSSR count). The smallest absolute Gasteiger partial charge is 0.335 e. The fourth-order valence-corrected chi connectivity index (χ4v) is 7.00. The molecule has 2 aromatic carbocycles. The predicted octanol–water partition coefficient (Wildman–Crippen LogP) is 7.79. The minimum absolute atomic E-state index is 0. The minimum atomic E-state index is -4.23. The average Bonchev–Trinajstić information content (AvgIpc) is 3.55. The number of nitrogens with zero attached hydrogens (tertiary/aromatic N) is 3. The zero-order valence-corrected chi connectivity index (χ0v) is 32.0. The molecule has 2 heterocycles. The normalized spacial score (nSPS) is 13.8. The van der Waals surface area contributed by atoms with Crippen molar-refractivity contribution < 1.29 is 27.8 Å². The van der Waals surface area contributed by atoms with E-state index in [-0.39, 0.29) is 71.3 Å². The summed E-state index contributed by atoms with van der Waals surface area (Å²) in [7, 11) is -4.23. The molecule has 1 saturated carbocycles. The summed E-state index contributed by atoms with van der Waals surface area (Å²) in [6.45, 7) is 11.1. The fourth-order valence-electron chi connectivity index (χ4n) is 6.01. The van der Waals surface area contributed by atoms with Crippen LogP contribution in [0.5, 0.6) is 11.6 Å². The van der Waals surface area contributed by atoms with Gasteiger partial charge in [-0.05, 0) is 92.8 Å². The van der Waals surface area contributed by atoms with Crippen molar-refractivity contribution in [2.24, 2.45) is 5.41 Å². The van der Waals surface area contributed by atoms with Crippen molar-refractivity contribution >= 4 is 46.8 Å². The topological polar surface area (TPSA) is 153 Å². The Morgan fingerprint density at radius 1 is 0.980 bits per heavy atom. The number of benzene rings is 2. The third-order valence-corrected chi connectivity index (χ3v) is 9.65. The summed E-state index contributed by atoms with van der Waals surface area (Å²) in [6.07, 6.45) is 7.42. The van der Waals surface area contributed by atoms with E-state index in [2.05, 4.69) is 45.8 Å². The molecular weight excluding hydrogens is 713 g/mol. The summed E-state index contributed by atoms with van der Waals surface area (Å²) in [5.74, 6) is -0.451. The van der Waals surface area contributed by atoms with Gasteiger partial charge in [0.05, 0.1) is 34.1 Å². The Morgan fingerprint density at radius 3 is 2.29 bits per heavy atom. The van der Waals surface area contributed by atoms with Crippen molar-refractivity contribution in [3.8, 4) is 22.9 Å². The van der Waals surface area contributed by atoms with Crippen LogP contribution >= 0.6 is 24.8 Å². The largest absolute Gasteiger partial charge is 0.489 e. The molecule has 0 bridgehead atoms. The minimum Gasteiger partial charge on any atom is -0.489 e. The Hall–Kier alpha value is -3.97. The Bertz CT molecular complexity index is 1860. The Labute approximate surface area is 312 Å². The summed E-state index contributed by atoms with van der Waals surface area (Å²) in [6, 6.07) is 16.5. The number of aryl methyl sites for hydroxylation is 2. The molecule has 276 valence electrons. The van der Waals surface area contributed by atoms with E-state index in [1.165, 1.54) is 31.0 Å². The van der Waals surface area contributed by atoms with E-state index in [9.17, 15) is 18.3 Å². The van der Waals surface area contributed by atoms with Crippen LogP contribution in [0.4, 0.5) is 5.95 Å². The molecule has 1 atom stereocenters. The van der Waals surface area contributed by atoms with E-state index in [4.69, 9.17) is 9.47 Å². The maximum Gasteiger partial charge on any atom is 0.335 e. The van der Waals surface area contributed by atoms with Crippen molar-refractivity contribution in [3.05, 3.63) is 89.2 Å². The van der Waals surface area contributed by atoms with Gasteiger partial charge in [0.1, 0.15) is 12.4 Å². The number of hydrogen-bond donors (Lipinski definition) is 3. The Kier molecular flexibility index (Phi) is 14.6. The van der Waals surface area contributed by atoms with Gasteiger partial charge in [-0.2, -0.15) is 4.98 Å². The summed E-state index contributed by atoms with van der Waals surface area (Å²) in [4.78, 5) is 24.9. The summed E-state index contributed by atoms with van der Waals surface area (Å²) < 4.78 is 41.5. The van der Waals surface area contributed by atoms with Crippen molar-refractivity contribution in [2.45, 2.75) is 90.3 Å². The number of nitrogens with one attached hydrogen (secondary N) is 2. The van der Waals surface area contributed by atoms with Crippen molar-refractivity contribution in [1.29, 1.82) is 0 Å². The molecule has 4 aromatic rings. The summed E-state index contributed by atoms with van der Waals surface area (Å²) in [5.41, 5.74) is 3.92. The monoisotopic (exact) mass is 759 g/mol. The number of carbonyl (C=O) groups is 1. The zero-order valence-electron chi connectivity index (χ0n) is 29.5. The van der Waals surface area contributed by atoms with Gasteiger partial charge in [0.15, 0.2) is 0 Å². The highest BCUT2D eigenvalue weighted by molar-refractivity contribution is 7.92. The van der Waals surface area contributed by atoms with E-state index in [0.29, 0.717) is 12.2 Å². The maximum absolute atomic E-state index is 13.4. The highest BCUT2D eigenvalue weighted by Gasteiger charge is 2.23. The number of halogens is 2. The third-order valence-electron chi connectivity index (χ3n) is 8.32. The van der Waals surface area contributed by atoms with Crippen LogP contribution in [0.1, 0.15) is 80.1 Å². The number of aromatic carboxylic acids is 1. The van der Waals surface area contributed by atoms with Crippen LogP contribution in [-0.4, -0.2) is 53.2 Å². The number of anilines is 1. The van der Waals surface area contributed by atoms with Gasteiger partial charge >= 0.3 is 5.97 Å². The number of rotatable bonds is 14. The molecule has 0 aliphatic heterocycles. The Balaban J connectivity index is 0.00000351. The van der Waals surface area contributed by atoms with E-state index in [0.717, 1.165) is 53.5 Å². The number of carboxylic acids is 1. The third kappa shape index (κ3) is 11.8. The van der Waals surface area contributed by atoms with Crippen molar-refractivity contribution in [3.63, 3.8) is 0 Å². The van der Waals surface area contributed by atoms with Crippen LogP contribution in [0.25, 0.3) is 11.3 Å². The van der Waals surface area contributed by atoms with Crippen molar-refractivity contribution in [2.75, 3.05) is 11.3 Å². The number of pyridine rings is 1. The van der Waals surface area contributed by atoms with Crippen LogP contribution in [0.3, 0.4) is 0 Å². The number of hydrogen-bond acceptors (Lipinski definition) is 9. The summed E-state index contributed by atoms with van der Waals surface area (Å²) in [5, 5.41) is 13.0. The first-order chi connectivity index (χ1) is 23.3. The van der Waals surface area contributed by atoms with Crippen LogP contribution in [-0.2, 0) is 16.6 Å². The van der Waals surface area contributed by atoms with E-state index in [1.54, 1.807) is 12.3 Å². The lowest BCUT2D eigenvalue weighted by Gasteiger charge is -2.27. The molecule has 3 N–H and O–H groups in total. The van der Waals surface area contributed by atoms with Gasteiger partial charge in [-0.25, -0.2) is 22.9 Å². The molecule has 0 amide bonds. The molecule has 0 unspecified atom stereocenters. The first-order valence-corrected chi connectivity index (χ1v) is 18.0. The van der Waals surface area contributed by atoms with Gasteiger partial charge < -0.3 is 19.9 Å².